The largest absolute Gasteiger partial charge is 0.417 e. The lowest BCUT2D eigenvalue weighted by atomic mass is 10.0. The van der Waals surface area contributed by atoms with E-state index >= 15 is 0 Å². The predicted molar refractivity (Wildman–Crippen MR) is 145 cm³/mol. The van der Waals surface area contributed by atoms with E-state index < -0.39 is 49.3 Å². The summed E-state index contributed by atoms with van der Waals surface area (Å²) in [5, 5.41) is 1.93. The van der Waals surface area contributed by atoms with Gasteiger partial charge in [0.1, 0.15) is 6.54 Å². The van der Waals surface area contributed by atoms with Crippen molar-refractivity contribution in [2.45, 2.75) is 30.8 Å². The molecular weight excluding hydrogens is 579 g/mol. The first-order chi connectivity index (χ1) is 18.0. The maximum Gasteiger partial charge on any atom is 0.417 e. The van der Waals surface area contributed by atoms with Gasteiger partial charge in [-0.3, -0.25) is 13.8 Å². The second-order valence-corrected chi connectivity index (χ2v) is 12.9. The minimum absolute atomic E-state index is 0.174. The van der Waals surface area contributed by atoms with Crippen molar-refractivity contribution in [3.05, 3.63) is 82.9 Å². The Kier molecular flexibility index (Phi) is 8.88. The molecule has 8 nitrogen and oxygen atoms in total. The molecule has 0 bridgehead atoms. The number of carbonyl (C=O) groups excluding carboxylic acids is 1. The van der Waals surface area contributed by atoms with Crippen LogP contribution in [0.2, 0.25) is 5.02 Å². The van der Waals surface area contributed by atoms with Crippen LogP contribution in [0.15, 0.2) is 71.6 Å². The third-order valence-corrected chi connectivity index (χ3v) is 8.38. The van der Waals surface area contributed by atoms with Crippen molar-refractivity contribution in [2.24, 2.45) is 0 Å². The summed E-state index contributed by atoms with van der Waals surface area (Å²) in [6, 6.07) is 14.2. The van der Waals surface area contributed by atoms with Crippen molar-refractivity contribution in [1.82, 2.24) is 0 Å². The summed E-state index contributed by atoms with van der Waals surface area (Å²) in [6.45, 7) is 3.45. The Balaban J connectivity index is 1.73. The van der Waals surface area contributed by atoms with Crippen LogP contribution in [0.3, 0.4) is 0 Å². The van der Waals surface area contributed by atoms with Gasteiger partial charge in [-0.25, -0.2) is 16.8 Å². The molecule has 0 unspecified atom stereocenters. The Hall–Kier alpha value is -3.29. The molecule has 39 heavy (non-hydrogen) atoms. The molecule has 0 atom stereocenters. The summed E-state index contributed by atoms with van der Waals surface area (Å²) >= 11 is 5.57. The maximum atomic E-state index is 13.1. The van der Waals surface area contributed by atoms with Crippen LogP contribution in [0.5, 0.6) is 0 Å². The summed E-state index contributed by atoms with van der Waals surface area (Å²) in [5.41, 5.74) is -0.0558. The topological polar surface area (TPSA) is 113 Å². The van der Waals surface area contributed by atoms with Crippen LogP contribution in [0, 0.1) is 0 Å². The molecule has 0 heterocycles. The predicted octanol–water partition coefficient (Wildman–Crippen LogP) is 5.69. The molecule has 0 aliphatic heterocycles. The second-order valence-electron chi connectivity index (χ2n) is 8.89. The summed E-state index contributed by atoms with van der Waals surface area (Å²) < 4.78 is 92.3. The van der Waals surface area contributed by atoms with Crippen molar-refractivity contribution in [2.75, 3.05) is 27.1 Å². The number of amides is 1. The molecule has 14 heteroatoms. The van der Waals surface area contributed by atoms with Crippen LogP contribution in [0.25, 0.3) is 0 Å². The van der Waals surface area contributed by atoms with Gasteiger partial charge in [-0.2, -0.15) is 13.2 Å². The molecule has 0 fully saturated rings. The second kappa shape index (κ2) is 11.4. The lowest BCUT2D eigenvalue weighted by Crippen LogP contribution is -2.37. The number of anilines is 3. The van der Waals surface area contributed by atoms with Crippen molar-refractivity contribution < 1.29 is 34.8 Å². The molecular formula is C25H25ClF3N3O5S2. The van der Waals surface area contributed by atoms with E-state index in [0.29, 0.717) is 11.8 Å². The van der Waals surface area contributed by atoms with Gasteiger partial charge in [-0.1, -0.05) is 37.6 Å². The molecule has 3 aromatic rings. The number of nitrogens with one attached hydrogen (secondary N) is 2. The first-order valence-electron chi connectivity index (χ1n) is 11.3. The molecule has 0 aliphatic rings. The van der Waals surface area contributed by atoms with Crippen molar-refractivity contribution >= 4 is 54.6 Å². The van der Waals surface area contributed by atoms with Gasteiger partial charge >= 0.3 is 6.18 Å². The van der Waals surface area contributed by atoms with Gasteiger partial charge in [0.25, 0.3) is 10.0 Å². The highest BCUT2D eigenvalue weighted by Gasteiger charge is 2.33. The highest BCUT2D eigenvalue weighted by Crippen LogP contribution is 2.36. The van der Waals surface area contributed by atoms with Gasteiger partial charge in [0.05, 0.1) is 27.4 Å². The van der Waals surface area contributed by atoms with Crippen LogP contribution >= 0.6 is 11.6 Å². The zero-order valence-electron chi connectivity index (χ0n) is 21.0. The molecule has 0 radical (unpaired) electrons. The smallest absolute Gasteiger partial charge is 0.325 e. The Bertz CT molecular complexity index is 1560. The lowest BCUT2D eigenvalue weighted by Gasteiger charge is -2.22. The lowest BCUT2D eigenvalue weighted by molar-refractivity contribution is -0.137. The third kappa shape index (κ3) is 7.87. The quantitative estimate of drug-likeness (QED) is 0.326. The molecule has 210 valence electrons. The average Bonchev–Trinajstić information content (AvgIpc) is 2.82. The summed E-state index contributed by atoms with van der Waals surface area (Å²) in [7, 11) is -8.08. The Morgan fingerprint density at radius 3 is 2.00 bits per heavy atom. The molecule has 0 saturated heterocycles. The summed E-state index contributed by atoms with van der Waals surface area (Å²) in [4.78, 5) is 12.3. The Morgan fingerprint density at radius 2 is 1.49 bits per heavy atom. The fourth-order valence-electron chi connectivity index (χ4n) is 3.49. The van der Waals surface area contributed by atoms with E-state index in [4.69, 9.17) is 11.6 Å². The standard InChI is InChI=1S/C25H25ClF3N3O5S2/c1-16(2)17-4-9-20(10-5-17)32(38(3,34)35)15-24(33)30-18-6-11-21(12-7-18)39(36,37)31-19-8-13-23(26)22(14-19)25(27,28)29/h4-14,16,31H,15H2,1-3H3,(H,30,33). The molecule has 0 spiro atoms. The monoisotopic (exact) mass is 603 g/mol. The van der Waals surface area contributed by atoms with Gasteiger partial charge < -0.3 is 5.32 Å². The number of nitrogens with zero attached hydrogens (tertiary/aromatic N) is 1. The fourth-order valence-corrected chi connectivity index (χ4v) is 5.62. The van der Waals surface area contributed by atoms with E-state index in [0.717, 1.165) is 40.4 Å². The van der Waals surface area contributed by atoms with Crippen LogP contribution in [0.1, 0.15) is 30.9 Å². The minimum atomic E-state index is -4.78. The summed E-state index contributed by atoms with van der Waals surface area (Å²) in [5.74, 6) is -0.442. The van der Waals surface area contributed by atoms with Gasteiger partial charge in [0, 0.05) is 11.4 Å². The minimum Gasteiger partial charge on any atom is -0.325 e. The van der Waals surface area contributed by atoms with E-state index in [1.165, 1.54) is 12.1 Å². The number of alkyl halides is 3. The van der Waals surface area contributed by atoms with E-state index in [9.17, 15) is 34.8 Å². The van der Waals surface area contributed by atoms with E-state index in [1.54, 1.807) is 24.3 Å². The van der Waals surface area contributed by atoms with Crippen molar-refractivity contribution in [3.8, 4) is 0 Å². The van der Waals surface area contributed by atoms with Gasteiger partial charge in [0.2, 0.25) is 15.9 Å². The van der Waals surface area contributed by atoms with E-state index in [-0.39, 0.29) is 22.2 Å². The first-order valence-corrected chi connectivity index (χ1v) is 15.1. The number of carbonyl (C=O) groups is 1. The molecule has 1 amide bonds. The van der Waals surface area contributed by atoms with E-state index in [2.05, 4.69) is 10.0 Å². The van der Waals surface area contributed by atoms with Crippen LogP contribution < -0.4 is 14.3 Å². The van der Waals surface area contributed by atoms with E-state index in [1.807, 2.05) is 13.8 Å². The highest BCUT2D eigenvalue weighted by molar-refractivity contribution is 7.92. The molecule has 0 aromatic heterocycles. The zero-order chi connectivity index (χ0) is 29.2. The van der Waals surface area contributed by atoms with Crippen molar-refractivity contribution in [3.63, 3.8) is 0 Å². The number of benzene rings is 3. The third-order valence-electron chi connectivity index (χ3n) is 5.51. The molecule has 0 aliphatic carbocycles. The number of hydrogen-bond acceptors (Lipinski definition) is 5. The molecule has 3 rings (SSSR count). The molecule has 0 saturated carbocycles. The first kappa shape index (κ1) is 30.3. The number of sulfonamides is 2. The molecule has 2 N–H and O–H groups in total. The van der Waals surface area contributed by atoms with Crippen LogP contribution in [-0.4, -0.2) is 35.5 Å². The van der Waals surface area contributed by atoms with Gasteiger partial charge in [-0.15, -0.1) is 0 Å². The number of hydrogen-bond donors (Lipinski definition) is 2. The normalized spacial score (nSPS) is 12.3. The van der Waals surface area contributed by atoms with Crippen molar-refractivity contribution in [1.29, 1.82) is 0 Å². The zero-order valence-corrected chi connectivity index (χ0v) is 23.3. The van der Waals surface area contributed by atoms with Crippen LogP contribution in [-0.2, 0) is 31.0 Å². The summed E-state index contributed by atoms with van der Waals surface area (Å²) in [6.07, 6.45) is -3.80. The van der Waals surface area contributed by atoms with Gasteiger partial charge in [0.15, 0.2) is 0 Å². The maximum absolute atomic E-state index is 13.1. The molecule has 3 aromatic carbocycles. The Morgan fingerprint density at radius 1 is 0.923 bits per heavy atom. The van der Waals surface area contributed by atoms with Crippen LogP contribution in [0.4, 0.5) is 30.2 Å². The Labute approximate surface area is 229 Å². The SMILES string of the molecule is CC(C)c1ccc(N(CC(=O)Nc2ccc(S(=O)(=O)Nc3ccc(Cl)c(C(F)(F)F)c3)cc2)S(C)(=O)=O)cc1. The fraction of sp³-hybridized carbons (Fsp3) is 0.240. The number of halogens is 4. The van der Waals surface area contributed by atoms with Gasteiger partial charge in [-0.05, 0) is 66.1 Å². The number of rotatable bonds is 9. The highest BCUT2D eigenvalue weighted by atomic mass is 35.5. The average molecular weight is 604 g/mol.